The first-order valence-electron chi connectivity index (χ1n) is 6.30. The van der Waals surface area contributed by atoms with E-state index in [1.165, 1.54) is 42.5 Å². The smallest absolute Gasteiger partial charge is 0.401 e. The molecule has 1 amide bonds. The van der Waals surface area contributed by atoms with Gasteiger partial charge in [0.1, 0.15) is 16.5 Å². The monoisotopic (exact) mass is 333 g/mol. The van der Waals surface area contributed by atoms with Crippen LogP contribution in [0.1, 0.15) is 5.76 Å². The average molecular weight is 333 g/mol. The van der Waals surface area contributed by atoms with Crippen molar-refractivity contribution in [2.75, 3.05) is 0 Å². The van der Waals surface area contributed by atoms with Gasteiger partial charge in [-0.1, -0.05) is 0 Å². The number of nitro groups is 1. The third-order valence-electron chi connectivity index (χ3n) is 2.77. The fraction of sp³-hybridized carbons (Fsp3) is 0. The Labute approximate surface area is 133 Å². The van der Waals surface area contributed by atoms with Crippen molar-refractivity contribution >= 4 is 40.5 Å². The molecule has 0 atom stereocenters. The molecule has 2 aromatic rings. The molecule has 1 aromatic carbocycles. The molecule has 0 radical (unpaired) electrons. The number of furan rings is 1. The van der Waals surface area contributed by atoms with Gasteiger partial charge in [-0.15, -0.1) is 0 Å². The lowest BCUT2D eigenvalue weighted by molar-refractivity contribution is -0.402. The molecule has 1 N–H and O–H groups in total. The number of benzene rings is 1. The van der Waals surface area contributed by atoms with Crippen LogP contribution in [-0.2, 0) is 4.79 Å². The lowest BCUT2D eigenvalue weighted by Gasteiger charge is -1.95. The molecule has 0 aliphatic carbocycles. The van der Waals surface area contributed by atoms with E-state index >= 15 is 0 Å². The Morgan fingerprint density at radius 1 is 1.26 bits per heavy atom. The van der Waals surface area contributed by atoms with E-state index < -0.39 is 16.7 Å². The zero-order valence-corrected chi connectivity index (χ0v) is 12.2. The summed E-state index contributed by atoms with van der Waals surface area (Å²) in [5.41, 5.74) is 0.490. The van der Waals surface area contributed by atoms with Crippen LogP contribution in [0.3, 0.4) is 0 Å². The van der Waals surface area contributed by atoms with Gasteiger partial charge in [-0.25, -0.2) is 9.38 Å². The number of hydrogen-bond acceptors (Lipinski definition) is 6. The highest BCUT2D eigenvalue weighted by atomic mass is 32.2. The van der Waals surface area contributed by atoms with Gasteiger partial charge in [0.05, 0.1) is 16.7 Å². The van der Waals surface area contributed by atoms with Crippen LogP contribution in [-0.4, -0.2) is 16.0 Å². The van der Waals surface area contributed by atoms with Crippen LogP contribution in [0, 0.1) is 15.9 Å². The van der Waals surface area contributed by atoms with Crippen molar-refractivity contribution in [3.05, 3.63) is 63.0 Å². The number of nitrogens with one attached hydrogen (secondary N) is 1. The Morgan fingerprint density at radius 2 is 2.00 bits per heavy atom. The molecule has 23 heavy (non-hydrogen) atoms. The minimum Gasteiger partial charge on any atom is -0.401 e. The molecule has 1 fully saturated rings. The molecule has 9 heteroatoms. The van der Waals surface area contributed by atoms with Gasteiger partial charge in [-0.2, -0.15) is 0 Å². The summed E-state index contributed by atoms with van der Waals surface area (Å²) in [6.07, 6.45) is 1.39. The van der Waals surface area contributed by atoms with Crippen molar-refractivity contribution in [3.63, 3.8) is 0 Å². The molecule has 0 unspecified atom stereocenters. The van der Waals surface area contributed by atoms with Crippen molar-refractivity contribution in [1.29, 1.82) is 0 Å². The topological polar surface area (TPSA) is 97.7 Å². The van der Waals surface area contributed by atoms with Crippen LogP contribution >= 0.6 is 11.8 Å². The van der Waals surface area contributed by atoms with E-state index in [0.717, 1.165) is 11.8 Å². The van der Waals surface area contributed by atoms with Crippen molar-refractivity contribution in [1.82, 2.24) is 5.32 Å². The summed E-state index contributed by atoms with van der Waals surface area (Å²) in [4.78, 5) is 26.2. The molecule has 1 saturated heterocycles. The number of amides is 1. The van der Waals surface area contributed by atoms with Crippen LogP contribution in [0.4, 0.5) is 16.0 Å². The predicted octanol–water partition coefficient (Wildman–Crippen LogP) is 3.22. The lowest BCUT2D eigenvalue weighted by Crippen LogP contribution is -2.19. The Balaban J connectivity index is 1.80. The zero-order chi connectivity index (χ0) is 16.4. The molecule has 0 spiro atoms. The second-order valence-corrected chi connectivity index (χ2v) is 5.42. The minimum absolute atomic E-state index is 0.192. The summed E-state index contributed by atoms with van der Waals surface area (Å²) in [7, 11) is 0. The average Bonchev–Trinajstić information content (AvgIpc) is 3.10. The number of halogens is 1. The van der Waals surface area contributed by atoms with Gasteiger partial charge < -0.3 is 9.73 Å². The van der Waals surface area contributed by atoms with Gasteiger partial charge in [0.2, 0.25) is 0 Å². The fourth-order valence-corrected chi connectivity index (χ4v) is 2.58. The summed E-state index contributed by atoms with van der Waals surface area (Å²) >= 11 is 1.06. The summed E-state index contributed by atoms with van der Waals surface area (Å²) in [5, 5.41) is 13.4. The van der Waals surface area contributed by atoms with E-state index in [0.29, 0.717) is 10.9 Å². The summed E-state index contributed by atoms with van der Waals surface area (Å²) in [6.45, 7) is 0. The fourth-order valence-electron chi connectivity index (χ4n) is 1.76. The molecule has 116 valence electrons. The number of thioether (sulfide) groups is 1. The van der Waals surface area contributed by atoms with Crippen LogP contribution in [0.5, 0.6) is 0 Å². The number of rotatable bonds is 3. The molecular formula is C14H8FN3O4S. The van der Waals surface area contributed by atoms with Crippen molar-refractivity contribution < 1.29 is 18.5 Å². The number of hydrogen-bond donors (Lipinski definition) is 1. The Bertz CT molecular complexity index is 842. The number of amidine groups is 1. The summed E-state index contributed by atoms with van der Waals surface area (Å²) < 4.78 is 17.8. The van der Waals surface area contributed by atoms with E-state index in [-0.39, 0.29) is 16.5 Å². The highest BCUT2D eigenvalue weighted by Gasteiger charge is 2.24. The largest absolute Gasteiger partial charge is 0.433 e. The maximum absolute atomic E-state index is 12.8. The normalized spacial score (nSPS) is 17.7. The Morgan fingerprint density at radius 3 is 2.65 bits per heavy atom. The van der Waals surface area contributed by atoms with E-state index in [2.05, 4.69) is 10.3 Å². The van der Waals surface area contributed by atoms with Gasteiger partial charge >= 0.3 is 5.88 Å². The number of carbonyl (C=O) groups excluding carboxylic acids is 1. The molecule has 7 nitrogen and oxygen atoms in total. The van der Waals surface area contributed by atoms with Crippen LogP contribution in [0.15, 0.2) is 50.7 Å². The van der Waals surface area contributed by atoms with E-state index in [1.54, 1.807) is 0 Å². The maximum atomic E-state index is 12.8. The van der Waals surface area contributed by atoms with Crippen molar-refractivity contribution in [3.8, 4) is 0 Å². The molecule has 3 rings (SSSR count). The summed E-state index contributed by atoms with van der Waals surface area (Å²) in [6, 6.07) is 8.09. The van der Waals surface area contributed by atoms with Gasteiger partial charge in [0.25, 0.3) is 5.91 Å². The minimum atomic E-state index is -0.661. The van der Waals surface area contributed by atoms with E-state index in [9.17, 15) is 19.3 Å². The zero-order valence-electron chi connectivity index (χ0n) is 11.4. The quantitative estimate of drug-likeness (QED) is 0.528. The second-order valence-electron chi connectivity index (χ2n) is 4.39. The summed E-state index contributed by atoms with van der Waals surface area (Å²) in [5.74, 6) is -0.982. The molecule has 1 aliphatic heterocycles. The SMILES string of the molecule is O=C1NC(=Nc2ccc(F)cc2)S/C1=C/c1ccc([N+](=O)[O-])o1. The third-order valence-corrected chi connectivity index (χ3v) is 3.68. The predicted molar refractivity (Wildman–Crippen MR) is 82.6 cm³/mol. The standard InChI is InChI=1S/C14H8FN3O4S/c15-8-1-3-9(4-2-8)16-14-17-13(19)11(23-14)7-10-5-6-12(22-10)18(20)21/h1-7H,(H,16,17,19)/b11-7+. The van der Waals surface area contributed by atoms with E-state index in [1.807, 2.05) is 0 Å². The maximum Gasteiger partial charge on any atom is 0.433 e. The van der Waals surface area contributed by atoms with Crippen LogP contribution in [0.2, 0.25) is 0 Å². The van der Waals surface area contributed by atoms with Crippen molar-refractivity contribution in [2.45, 2.75) is 0 Å². The first kappa shape index (κ1) is 15.0. The van der Waals surface area contributed by atoms with Gasteiger partial charge in [-0.3, -0.25) is 14.9 Å². The Hall–Kier alpha value is -2.94. The van der Waals surface area contributed by atoms with E-state index in [4.69, 9.17) is 4.42 Å². The second kappa shape index (κ2) is 6.05. The van der Waals surface area contributed by atoms with Gasteiger partial charge in [-0.05, 0) is 42.1 Å². The molecule has 0 bridgehead atoms. The first-order chi connectivity index (χ1) is 11.0. The molecule has 1 aromatic heterocycles. The number of nitrogens with zero attached hydrogens (tertiary/aromatic N) is 2. The highest BCUT2D eigenvalue weighted by molar-refractivity contribution is 8.18. The molecule has 0 saturated carbocycles. The van der Waals surface area contributed by atoms with Gasteiger partial charge in [0.15, 0.2) is 5.17 Å². The highest BCUT2D eigenvalue weighted by Crippen LogP contribution is 2.29. The van der Waals surface area contributed by atoms with Crippen LogP contribution < -0.4 is 5.32 Å². The lowest BCUT2D eigenvalue weighted by atomic mass is 10.3. The molecular weight excluding hydrogens is 325 g/mol. The number of carbonyl (C=O) groups is 1. The molecule has 2 heterocycles. The van der Waals surface area contributed by atoms with Crippen LogP contribution in [0.25, 0.3) is 6.08 Å². The van der Waals surface area contributed by atoms with Gasteiger partial charge in [0, 0.05) is 6.08 Å². The third kappa shape index (κ3) is 3.46. The first-order valence-corrected chi connectivity index (χ1v) is 7.12. The van der Waals surface area contributed by atoms with Crippen molar-refractivity contribution in [2.24, 2.45) is 4.99 Å². The Kier molecular flexibility index (Phi) is 3.94. The molecule has 1 aliphatic rings. The number of aliphatic imine (C=N–C) groups is 1.